The molecule has 3 aromatic rings. The number of morpholine rings is 1. The van der Waals surface area contributed by atoms with Crippen LogP contribution in [0.4, 0.5) is 0 Å². The van der Waals surface area contributed by atoms with Gasteiger partial charge >= 0.3 is 0 Å². The van der Waals surface area contributed by atoms with Crippen LogP contribution in [0.25, 0.3) is 22.7 Å². The Morgan fingerprint density at radius 3 is 2.71 bits per heavy atom. The van der Waals surface area contributed by atoms with Gasteiger partial charge in [0.25, 0.3) is 5.91 Å². The SMILES string of the molecule is CCOc1ccccc1C=C(C(=O)N1CCOCC1)c1nc2ccccc2[nH]1. The van der Waals surface area contributed by atoms with E-state index in [9.17, 15) is 4.79 Å². The molecule has 4 rings (SSSR count). The molecular weight excluding hydrogens is 354 g/mol. The number of ether oxygens (including phenoxy) is 2. The predicted molar refractivity (Wildman–Crippen MR) is 109 cm³/mol. The highest BCUT2D eigenvalue weighted by atomic mass is 16.5. The number of fused-ring (bicyclic) bond motifs is 1. The fourth-order valence-corrected chi connectivity index (χ4v) is 3.29. The lowest BCUT2D eigenvalue weighted by Gasteiger charge is -2.27. The Hall–Kier alpha value is -3.12. The quantitative estimate of drug-likeness (QED) is 0.693. The number of hydrogen-bond acceptors (Lipinski definition) is 4. The molecule has 1 aliphatic heterocycles. The first-order chi connectivity index (χ1) is 13.8. The van der Waals surface area contributed by atoms with Gasteiger partial charge in [-0.2, -0.15) is 0 Å². The number of amides is 1. The molecule has 1 N–H and O–H groups in total. The first kappa shape index (κ1) is 18.3. The highest BCUT2D eigenvalue weighted by Gasteiger charge is 2.24. The fraction of sp³-hybridized carbons (Fsp3) is 0.273. The summed E-state index contributed by atoms with van der Waals surface area (Å²) < 4.78 is 11.1. The lowest BCUT2D eigenvalue weighted by atomic mass is 10.1. The van der Waals surface area contributed by atoms with E-state index in [1.165, 1.54) is 0 Å². The number of imidazole rings is 1. The number of benzene rings is 2. The van der Waals surface area contributed by atoms with Gasteiger partial charge in [-0.1, -0.05) is 30.3 Å². The second-order valence-electron chi connectivity index (χ2n) is 6.54. The minimum Gasteiger partial charge on any atom is -0.493 e. The molecule has 6 nitrogen and oxygen atoms in total. The number of nitrogens with zero attached hydrogens (tertiary/aromatic N) is 2. The van der Waals surface area contributed by atoms with Crippen molar-refractivity contribution in [2.45, 2.75) is 6.92 Å². The number of H-pyrrole nitrogens is 1. The Morgan fingerprint density at radius 1 is 1.18 bits per heavy atom. The first-order valence-electron chi connectivity index (χ1n) is 9.52. The van der Waals surface area contributed by atoms with Crippen LogP contribution >= 0.6 is 0 Å². The molecule has 6 heteroatoms. The third-order valence-electron chi connectivity index (χ3n) is 4.69. The van der Waals surface area contributed by atoms with Crippen molar-refractivity contribution in [3.8, 4) is 5.75 Å². The standard InChI is InChI=1S/C22H23N3O3/c1-2-28-20-10-6-3-7-16(20)15-17(22(26)25-11-13-27-14-12-25)21-23-18-8-4-5-9-19(18)24-21/h3-10,15H,2,11-14H2,1H3,(H,23,24). The molecule has 0 spiro atoms. The molecule has 1 amide bonds. The molecule has 0 saturated carbocycles. The van der Waals surface area contributed by atoms with E-state index in [4.69, 9.17) is 9.47 Å². The van der Waals surface area contributed by atoms with Crippen LogP contribution in [0.3, 0.4) is 0 Å². The summed E-state index contributed by atoms with van der Waals surface area (Å²) in [5, 5.41) is 0. The molecule has 144 valence electrons. The Labute approximate surface area is 163 Å². The van der Waals surface area contributed by atoms with Crippen molar-refractivity contribution in [1.29, 1.82) is 0 Å². The molecule has 0 unspecified atom stereocenters. The zero-order valence-corrected chi connectivity index (χ0v) is 15.9. The minimum absolute atomic E-state index is 0.0614. The number of rotatable bonds is 5. The summed E-state index contributed by atoms with van der Waals surface area (Å²) in [5.41, 5.74) is 3.10. The van der Waals surface area contributed by atoms with Crippen LogP contribution in [-0.4, -0.2) is 53.7 Å². The summed E-state index contributed by atoms with van der Waals surface area (Å²) in [6.07, 6.45) is 1.86. The van der Waals surface area contributed by atoms with Crippen LogP contribution in [0.2, 0.25) is 0 Å². The highest BCUT2D eigenvalue weighted by Crippen LogP contribution is 2.26. The molecule has 0 atom stereocenters. The normalized spacial score (nSPS) is 15.0. The van der Waals surface area contributed by atoms with E-state index in [1.54, 1.807) is 0 Å². The molecule has 0 radical (unpaired) electrons. The monoisotopic (exact) mass is 377 g/mol. The first-order valence-corrected chi connectivity index (χ1v) is 9.52. The van der Waals surface area contributed by atoms with E-state index in [2.05, 4.69) is 9.97 Å². The molecule has 0 aliphatic carbocycles. The summed E-state index contributed by atoms with van der Waals surface area (Å²) in [4.78, 5) is 23.1. The van der Waals surface area contributed by atoms with E-state index in [-0.39, 0.29) is 5.91 Å². The summed E-state index contributed by atoms with van der Waals surface area (Å²) in [5.74, 6) is 1.24. The van der Waals surface area contributed by atoms with Crippen molar-refractivity contribution in [1.82, 2.24) is 14.9 Å². The Bertz CT molecular complexity index is 970. The van der Waals surface area contributed by atoms with Crippen molar-refractivity contribution < 1.29 is 14.3 Å². The van der Waals surface area contributed by atoms with Crippen LogP contribution < -0.4 is 4.74 Å². The number of carbonyl (C=O) groups excluding carboxylic acids is 1. The van der Waals surface area contributed by atoms with Gasteiger partial charge in [-0.05, 0) is 31.2 Å². The molecule has 2 aromatic carbocycles. The van der Waals surface area contributed by atoms with E-state index < -0.39 is 0 Å². The average molecular weight is 377 g/mol. The maximum absolute atomic E-state index is 13.4. The second kappa shape index (κ2) is 8.27. The molecule has 1 saturated heterocycles. The maximum Gasteiger partial charge on any atom is 0.257 e. The lowest BCUT2D eigenvalue weighted by molar-refractivity contribution is -0.128. The van der Waals surface area contributed by atoms with Crippen LogP contribution in [0.1, 0.15) is 18.3 Å². The van der Waals surface area contributed by atoms with E-state index in [0.29, 0.717) is 44.3 Å². The Balaban J connectivity index is 1.80. The van der Waals surface area contributed by atoms with Crippen LogP contribution in [0, 0.1) is 0 Å². The van der Waals surface area contributed by atoms with Gasteiger partial charge in [0.05, 0.1) is 36.4 Å². The molecular formula is C22H23N3O3. The fourth-order valence-electron chi connectivity index (χ4n) is 3.29. The van der Waals surface area contributed by atoms with Crippen molar-refractivity contribution in [3.63, 3.8) is 0 Å². The van der Waals surface area contributed by atoms with Crippen LogP contribution in [-0.2, 0) is 9.53 Å². The minimum atomic E-state index is -0.0614. The number of carbonyl (C=O) groups is 1. The van der Waals surface area contributed by atoms with Crippen molar-refractivity contribution in [2.75, 3.05) is 32.9 Å². The van der Waals surface area contributed by atoms with E-state index >= 15 is 0 Å². The van der Waals surface area contributed by atoms with Crippen molar-refractivity contribution >= 4 is 28.6 Å². The summed E-state index contributed by atoms with van der Waals surface area (Å²) in [6.45, 7) is 4.75. The third-order valence-corrected chi connectivity index (χ3v) is 4.69. The summed E-state index contributed by atoms with van der Waals surface area (Å²) in [6, 6.07) is 15.5. The van der Waals surface area contributed by atoms with Gasteiger partial charge in [-0.15, -0.1) is 0 Å². The smallest absolute Gasteiger partial charge is 0.257 e. The van der Waals surface area contributed by atoms with E-state index in [1.807, 2.05) is 66.4 Å². The van der Waals surface area contributed by atoms with Gasteiger partial charge < -0.3 is 19.4 Å². The largest absolute Gasteiger partial charge is 0.493 e. The topological polar surface area (TPSA) is 67.4 Å². The number of para-hydroxylation sites is 3. The number of aromatic amines is 1. The molecule has 1 fully saturated rings. The predicted octanol–water partition coefficient (Wildman–Crippen LogP) is 3.36. The zero-order chi connectivity index (χ0) is 19.3. The number of hydrogen-bond donors (Lipinski definition) is 1. The molecule has 1 aliphatic rings. The summed E-state index contributed by atoms with van der Waals surface area (Å²) >= 11 is 0. The van der Waals surface area contributed by atoms with Gasteiger partial charge in [-0.25, -0.2) is 4.98 Å². The molecule has 2 heterocycles. The lowest BCUT2D eigenvalue weighted by Crippen LogP contribution is -2.41. The van der Waals surface area contributed by atoms with Gasteiger partial charge in [-0.3, -0.25) is 4.79 Å². The molecule has 28 heavy (non-hydrogen) atoms. The second-order valence-corrected chi connectivity index (χ2v) is 6.54. The molecule has 1 aromatic heterocycles. The van der Waals surface area contributed by atoms with Gasteiger partial charge in [0.2, 0.25) is 0 Å². The highest BCUT2D eigenvalue weighted by molar-refractivity contribution is 6.23. The van der Waals surface area contributed by atoms with Crippen LogP contribution in [0.5, 0.6) is 5.75 Å². The zero-order valence-electron chi connectivity index (χ0n) is 15.9. The Kier molecular flexibility index (Phi) is 5.39. The maximum atomic E-state index is 13.4. The van der Waals surface area contributed by atoms with Crippen LogP contribution in [0.15, 0.2) is 48.5 Å². The van der Waals surface area contributed by atoms with Gasteiger partial charge in [0.1, 0.15) is 11.6 Å². The molecule has 0 bridgehead atoms. The van der Waals surface area contributed by atoms with E-state index in [0.717, 1.165) is 22.3 Å². The number of aromatic nitrogens is 2. The average Bonchev–Trinajstić information content (AvgIpc) is 3.17. The summed E-state index contributed by atoms with van der Waals surface area (Å²) in [7, 11) is 0. The number of nitrogens with one attached hydrogen (secondary N) is 1. The van der Waals surface area contributed by atoms with Gasteiger partial charge in [0.15, 0.2) is 0 Å². The van der Waals surface area contributed by atoms with Crippen molar-refractivity contribution in [2.24, 2.45) is 0 Å². The van der Waals surface area contributed by atoms with Gasteiger partial charge in [0, 0.05) is 18.7 Å². The van der Waals surface area contributed by atoms with Crippen molar-refractivity contribution in [3.05, 3.63) is 59.9 Å². The third kappa shape index (κ3) is 3.77. The Morgan fingerprint density at radius 2 is 1.93 bits per heavy atom.